The Kier molecular flexibility index (Phi) is 9.87. The van der Waals surface area contributed by atoms with Crippen LogP contribution in [0, 0.1) is 11.8 Å². The summed E-state index contributed by atoms with van der Waals surface area (Å²) in [6.07, 6.45) is 0.429. The summed E-state index contributed by atoms with van der Waals surface area (Å²) in [7, 11) is 1.41. The molecule has 0 amide bonds. The number of methoxy groups -OCH3 is 1. The minimum atomic E-state index is -0.357. The zero-order valence-electron chi connectivity index (χ0n) is 12.4. The van der Waals surface area contributed by atoms with Crippen LogP contribution >= 0.6 is 24.0 Å². The van der Waals surface area contributed by atoms with Gasteiger partial charge < -0.3 is 15.0 Å². The zero-order chi connectivity index (χ0) is 14.3. The van der Waals surface area contributed by atoms with Gasteiger partial charge in [0.05, 0.1) is 19.7 Å². The number of hydrogen-bond acceptors (Lipinski definition) is 3. The van der Waals surface area contributed by atoms with E-state index in [1.807, 2.05) is 18.7 Å². The number of esters is 1. The van der Waals surface area contributed by atoms with E-state index in [1.54, 1.807) is 0 Å². The third kappa shape index (κ3) is 5.41. The van der Waals surface area contributed by atoms with Gasteiger partial charge in [-0.1, -0.05) is 6.92 Å². The normalized spacial score (nSPS) is 22.4. The van der Waals surface area contributed by atoms with Crippen LogP contribution in [-0.4, -0.2) is 56.8 Å². The predicted molar refractivity (Wildman–Crippen MR) is 88.2 cm³/mol. The maximum Gasteiger partial charge on any atom is 0.310 e. The first-order valence-electron chi connectivity index (χ1n) is 6.81. The minimum absolute atomic E-state index is 0. The van der Waals surface area contributed by atoms with Gasteiger partial charge in [-0.15, -0.1) is 24.0 Å². The Morgan fingerprint density at radius 2 is 2.20 bits per heavy atom. The molecule has 0 saturated carbocycles. The highest BCUT2D eigenvalue weighted by molar-refractivity contribution is 14.0. The summed E-state index contributed by atoms with van der Waals surface area (Å²) in [5, 5.41) is 3.18. The molecule has 0 aliphatic carbocycles. The van der Waals surface area contributed by atoms with Gasteiger partial charge in [0.1, 0.15) is 0 Å². The van der Waals surface area contributed by atoms with Gasteiger partial charge in [-0.05, 0) is 19.3 Å². The second kappa shape index (κ2) is 10.2. The van der Waals surface area contributed by atoms with Gasteiger partial charge in [0.25, 0.3) is 0 Å². The number of aliphatic imine (C=N–C) groups is 1. The first kappa shape index (κ1) is 19.4. The smallest absolute Gasteiger partial charge is 0.310 e. The molecule has 1 saturated heterocycles. The van der Waals surface area contributed by atoms with E-state index in [0.717, 1.165) is 19.0 Å². The minimum Gasteiger partial charge on any atom is -0.469 e. The fraction of sp³-hybridized carbons (Fsp3) is 0.846. The van der Waals surface area contributed by atoms with Crippen molar-refractivity contribution >= 4 is 35.9 Å². The fourth-order valence-corrected chi connectivity index (χ4v) is 2.27. The summed E-state index contributed by atoms with van der Waals surface area (Å²) in [5.74, 6) is 0.705. The fourth-order valence-electron chi connectivity index (χ4n) is 2.27. The molecule has 0 spiro atoms. The Morgan fingerprint density at radius 1 is 1.50 bits per heavy atom. The van der Waals surface area contributed by atoms with Crippen molar-refractivity contribution in [2.45, 2.75) is 20.3 Å². The van der Waals surface area contributed by atoms with Crippen molar-refractivity contribution in [3.8, 4) is 0 Å². The standard InChI is InChI=1S/C13H24FN3O2.HI/c1-4-15-13(16-7-5-6-14)17-8-10(2)11(9-17)12(18)19-3;/h10-11H,4-9H2,1-3H3,(H,15,16);1H. The van der Waals surface area contributed by atoms with Gasteiger partial charge in [0.15, 0.2) is 5.96 Å². The van der Waals surface area contributed by atoms with E-state index in [9.17, 15) is 9.18 Å². The van der Waals surface area contributed by atoms with Crippen LogP contribution in [0.25, 0.3) is 0 Å². The van der Waals surface area contributed by atoms with Gasteiger partial charge in [-0.25, -0.2) is 0 Å². The topological polar surface area (TPSA) is 53.9 Å². The van der Waals surface area contributed by atoms with Crippen molar-refractivity contribution in [1.82, 2.24) is 10.2 Å². The molecule has 0 aromatic carbocycles. The van der Waals surface area contributed by atoms with Crippen LogP contribution in [0.15, 0.2) is 4.99 Å². The van der Waals surface area contributed by atoms with Crippen LogP contribution in [0.2, 0.25) is 0 Å². The predicted octanol–water partition coefficient (Wildman–Crippen LogP) is 1.67. The summed E-state index contributed by atoms with van der Waals surface area (Å²) >= 11 is 0. The average molecular weight is 401 g/mol. The Morgan fingerprint density at radius 3 is 2.75 bits per heavy atom. The van der Waals surface area contributed by atoms with Crippen LogP contribution < -0.4 is 5.32 Å². The lowest BCUT2D eigenvalue weighted by Gasteiger charge is -2.21. The number of nitrogens with zero attached hydrogens (tertiary/aromatic N) is 2. The van der Waals surface area contributed by atoms with Gasteiger partial charge in [-0.3, -0.25) is 14.2 Å². The van der Waals surface area contributed by atoms with Gasteiger partial charge in [0, 0.05) is 26.2 Å². The van der Waals surface area contributed by atoms with Crippen molar-refractivity contribution in [2.24, 2.45) is 16.8 Å². The van der Waals surface area contributed by atoms with Crippen LogP contribution in [0.3, 0.4) is 0 Å². The van der Waals surface area contributed by atoms with Crippen LogP contribution in [0.1, 0.15) is 20.3 Å². The zero-order valence-corrected chi connectivity index (χ0v) is 14.7. The summed E-state index contributed by atoms with van der Waals surface area (Å²) in [4.78, 5) is 18.1. The van der Waals surface area contributed by atoms with Crippen molar-refractivity contribution in [3.05, 3.63) is 0 Å². The Balaban J connectivity index is 0.00000361. The molecule has 5 nitrogen and oxygen atoms in total. The molecular formula is C13H25FIN3O2. The summed E-state index contributed by atoms with van der Waals surface area (Å²) in [6, 6.07) is 0. The maximum absolute atomic E-state index is 12.1. The lowest BCUT2D eigenvalue weighted by Crippen LogP contribution is -2.40. The highest BCUT2D eigenvalue weighted by Crippen LogP contribution is 2.24. The van der Waals surface area contributed by atoms with E-state index in [0.29, 0.717) is 19.5 Å². The van der Waals surface area contributed by atoms with E-state index < -0.39 is 0 Å². The molecule has 0 aromatic heterocycles. The van der Waals surface area contributed by atoms with E-state index >= 15 is 0 Å². The average Bonchev–Trinajstić information content (AvgIpc) is 2.79. The van der Waals surface area contributed by atoms with Crippen LogP contribution in [0.5, 0.6) is 0 Å². The monoisotopic (exact) mass is 401 g/mol. The molecule has 7 heteroatoms. The van der Waals surface area contributed by atoms with Crippen LogP contribution in [0.4, 0.5) is 4.39 Å². The molecule has 2 unspecified atom stereocenters. The van der Waals surface area contributed by atoms with Crippen molar-refractivity contribution in [2.75, 3.05) is 40.0 Å². The third-order valence-electron chi connectivity index (χ3n) is 3.30. The molecule has 118 valence electrons. The Hall–Kier alpha value is -0.600. The number of carbonyl (C=O) groups excluding carboxylic acids is 1. The summed E-state index contributed by atoms with van der Waals surface area (Å²) in [6.45, 7) is 6.25. The molecule has 0 radical (unpaired) electrons. The maximum atomic E-state index is 12.1. The molecule has 1 N–H and O–H groups in total. The molecule has 20 heavy (non-hydrogen) atoms. The van der Waals surface area contributed by atoms with E-state index in [-0.39, 0.29) is 48.5 Å². The van der Waals surface area contributed by atoms with Crippen LogP contribution in [-0.2, 0) is 9.53 Å². The van der Waals surface area contributed by atoms with Crippen molar-refractivity contribution in [1.29, 1.82) is 0 Å². The second-order valence-electron chi connectivity index (χ2n) is 4.79. The second-order valence-corrected chi connectivity index (χ2v) is 4.79. The number of rotatable bonds is 5. The molecule has 0 bridgehead atoms. The Bertz CT molecular complexity index is 329. The molecule has 2 atom stereocenters. The van der Waals surface area contributed by atoms with Gasteiger partial charge in [0.2, 0.25) is 0 Å². The number of alkyl halides is 1. The number of guanidine groups is 1. The third-order valence-corrected chi connectivity index (χ3v) is 3.30. The molecule has 1 aliphatic rings. The number of carbonyl (C=O) groups is 1. The highest BCUT2D eigenvalue weighted by atomic mass is 127. The van der Waals surface area contributed by atoms with E-state index in [2.05, 4.69) is 10.3 Å². The lowest BCUT2D eigenvalue weighted by molar-refractivity contribution is -0.145. The number of likely N-dealkylation sites (tertiary alicyclic amines) is 1. The van der Waals surface area contributed by atoms with Crippen molar-refractivity contribution in [3.63, 3.8) is 0 Å². The van der Waals surface area contributed by atoms with Gasteiger partial charge in [-0.2, -0.15) is 0 Å². The van der Waals surface area contributed by atoms with Gasteiger partial charge >= 0.3 is 5.97 Å². The highest BCUT2D eigenvalue weighted by Gasteiger charge is 2.36. The quantitative estimate of drug-likeness (QED) is 0.250. The summed E-state index contributed by atoms with van der Waals surface area (Å²) in [5.41, 5.74) is 0. The number of halogens is 2. The molecule has 1 aliphatic heterocycles. The molecule has 1 rings (SSSR count). The SMILES string of the molecule is CCNC(=NCCCF)N1CC(C)C(C(=O)OC)C1.I. The molecule has 1 heterocycles. The number of ether oxygens (including phenoxy) is 1. The molecular weight excluding hydrogens is 376 g/mol. The summed E-state index contributed by atoms with van der Waals surface area (Å²) < 4.78 is 16.9. The Labute approximate surface area is 137 Å². The lowest BCUT2D eigenvalue weighted by atomic mass is 9.99. The number of hydrogen-bond donors (Lipinski definition) is 1. The first-order valence-corrected chi connectivity index (χ1v) is 6.81. The first-order chi connectivity index (χ1) is 9.13. The van der Waals surface area contributed by atoms with E-state index in [1.165, 1.54) is 7.11 Å². The van der Waals surface area contributed by atoms with Crippen molar-refractivity contribution < 1.29 is 13.9 Å². The molecule has 1 fully saturated rings. The molecule has 0 aromatic rings. The number of nitrogens with one attached hydrogen (secondary N) is 1. The van der Waals surface area contributed by atoms with E-state index in [4.69, 9.17) is 4.74 Å². The largest absolute Gasteiger partial charge is 0.469 e.